The largest absolute Gasteiger partial charge is 0.289 e. The van der Waals surface area contributed by atoms with E-state index in [4.69, 9.17) is 5.84 Å². The molecule has 3 N–H and O–H groups in total. The van der Waals surface area contributed by atoms with Crippen molar-refractivity contribution in [2.75, 3.05) is 0 Å². The van der Waals surface area contributed by atoms with Crippen LogP contribution in [0.3, 0.4) is 0 Å². The quantitative estimate of drug-likeness (QED) is 0.473. The molecule has 0 saturated heterocycles. The maximum Gasteiger partial charge on any atom is 0.275 e. The number of nitrogens with two attached hydrogens (primary N) is 1. The fourth-order valence-corrected chi connectivity index (χ4v) is 2.34. The number of amides is 1. The van der Waals surface area contributed by atoms with Crippen LogP contribution >= 0.6 is 11.3 Å². The minimum atomic E-state index is -0.338. The Hall–Kier alpha value is -1.99. The molecule has 0 radical (unpaired) electrons. The molecule has 0 fully saturated rings. The minimum absolute atomic E-state index is 0.159. The average molecular weight is 264 g/mol. The second kappa shape index (κ2) is 5.11. The molecule has 18 heavy (non-hydrogen) atoms. The first-order valence-electron chi connectivity index (χ1n) is 5.23. The number of nitrogens with one attached hydrogen (secondary N) is 1. The summed E-state index contributed by atoms with van der Waals surface area (Å²) >= 11 is 1.28. The minimum Gasteiger partial charge on any atom is -0.289 e. The molecule has 6 nitrogen and oxygen atoms in total. The number of nitrogen functional groups attached to an aromatic ring is 1. The molecular formula is C11H12N4O2S. The molecule has 0 aliphatic rings. The van der Waals surface area contributed by atoms with Gasteiger partial charge >= 0.3 is 0 Å². The molecular weight excluding hydrogens is 252 g/mol. The van der Waals surface area contributed by atoms with Crippen LogP contribution in [0.25, 0.3) is 0 Å². The van der Waals surface area contributed by atoms with Crippen molar-refractivity contribution in [3.8, 4) is 0 Å². The van der Waals surface area contributed by atoms with Gasteiger partial charge in [-0.2, -0.15) is 5.10 Å². The van der Waals surface area contributed by atoms with Gasteiger partial charge in [-0.25, -0.2) is 10.5 Å². The van der Waals surface area contributed by atoms with Crippen molar-refractivity contribution in [1.29, 1.82) is 0 Å². The van der Waals surface area contributed by atoms with Gasteiger partial charge in [0.15, 0.2) is 0 Å². The number of hydrazine groups is 1. The van der Waals surface area contributed by atoms with Gasteiger partial charge in [0.1, 0.15) is 0 Å². The summed E-state index contributed by atoms with van der Waals surface area (Å²) in [6.45, 7) is 2.16. The summed E-state index contributed by atoms with van der Waals surface area (Å²) in [5.74, 6) is 4.71. The van der Waals surface area contributed by atoms with Crippen molar-refractivity contribution >= 4 is 17.2 Å². The normalized spacial score (nSPS) is 10.3. The Morgan fingerprint density at radius 3 is 3.00 bits per heavy atom. The predicted octanol–water partition coefficient (Wildman–Crippen LogP) is 0.265. The van der Waals surface area contributed by atoms with Crippen LogP contribution in [0.1, 0.15) is 20.1 Å². The Morgan fingerprint density at radius 2 is 2.33 bits per heavy atom. The predicted molar refractivity (Wildman–Crippen MR) is 68.3 cm³/mol. The number of carbonyl (C=O) groups is 1. The van der Waals surface area contributed by atoms with Gasteiger partial charge < -0.3 is 0 Å². The van der Waals surface area contributed by atoms with Crippen molar-refractivity contribution in [1.82, 2.24) is 15.2 Å². The first-order chi connectivity index (χ1) is 8.60. The van der Waals surface area contributed by atoms with Crippen LogP contribution in [0, 0.1) is 6.92 Å². The Labute approximate surface area is 107 Å². The van der Waals surface area contributed by atoms with Gasteiger partial charge in [0, 0.05) is 10.9 Å². The van der Waals surface area contributed by atoms with Crippen molar-refractivity contribution in [3.63, 3.8) is 0 Å². The number of rotatable bonds is 3. The first kappa shape index (κ1) is 12.5. The van der Waals surface area contributed by atoms with E-state index >= 15 is 0 Å². The molecule has 0 aromatic carbocycles. The van der Waals surface area contributed by atoms with E-state index in [1.165, 1.54) is 22.1 Å². The van der Waals surface area contributed by atoms with E-state index in [1.807, 2.05) is 6.92 Å². The Bertz CT molecular complexity index is 632. The summed E-state index contributed by atoms with van der Waals surface area (Å²) in [6.07, 6.45) is 1.63. The number of aryl methyl sites for hydroxylation is 1. The molecule has 2 aromatic heterocycles. The molecule has 2 heterocycles. The second-order valence-electron chi connectivity index (χ2n) is 3.77. The molecule has 1 amide bonds. The van der Waals surface area contributed by atoms with Crippen LogP contribution in [0.5, 0.6) is 0 Å². The van der Waals surface area contributed by atoms with Gasteiger partial charge in [-0.15, -0.1) is 11.3 Å². The molecule has 0 aliphatic heterocycles. The molecule has 94 valence electrons. The number of hydrogen-bond donors (Lipinski definition) is 2. The summed E-state index contributed by atoms with van der Waals surface area (Å²) in [5.41, 5.74) is 2.73. The average Bonchev–Trinajstić information content (AvgIpc) is 2.80. The highest BCUT2D eigenvalue weighted by Gasteiger charge is 2.08. The highest BCUT2D eigenvalue weighted by molar-refractivity contribution is 7.14. The molecule has 0 aliphatic carbocycles. The Kier molecular flexibility index (Phi) is 3.54. The van der Waals surface area contributed by atoms with E-state index < -0.39 is 0 Å². The van der Waals surface area contributed by atoms with Crippen LogP contribution in [0.2, 0.25) is 0 Å². The van der Waals surface area contributed by atoms with E-state index in [-0.39, 0.29) is 11.5 Å². The highest BCUT2D eigenvalue weighted by Crippen LogP contribution is 2.16. The Morgan fingerprint density at radius 1 is 1.56 bits per heavy atom. The van der Waals surface area contributed by atoms with Crippen LogP contribution in [-0.4, -0.2) is 15.7 Å². The van der Waals surface area contributed by atoms with Crippen molar-refractivity contribution in [3.05, 3.63) is 50.1 Å². The third-order valence-corrected chi connectivity index (χ3v) is 3.40. The van der Waals surface area contributed by atoms with Gasteiger partial charge in [0.2, 0.25) is 0 Å². The van der Waals surface area contributed by atoms with Gasteiger partial charge in [0.25, 0.3) is 11.5 Å². The fourth-order valence-electron chi connectivity index (χ4n) is 1.45. The number of hydrogen-bond acceptors (Lipinski definition) is 5. The summed E-state index contributed by atoms with van der Waals surface area (Å²) in [7, 11) is 0. The third kappa shape index (κ3) is 2.63. The molecule has 0 spiro atoms. The topological polar surface area (TPSA) is 90.0 Å². The smallest absolute Gasteiger partial charge is 0.275 e. The van der Waals surface area contributed by atoms with Gasteiger partial charge in [-0.1, -0.05) is 0 Å². The molecule has 2 aromatic rings. The van der Waals surface area contributed by atoms with Crippen LogP contribution < -0.4 is 16.8 Å². The van der Waals surface area contributed by atoms with Crippen LogP contribution in [0.4, 0.5) is 0 Å². The number of carbonyl (C=O) groups excluding carboxylic acids is 1. The van der Waals surface area contributed by atoms with Gasteiger partial charge in [0.05, 0.1) is 17.6 Å². The third-order valence-electron chi connectivity index (χ3n) is 2.33. The zero-order chi connectivity index (χ0) is 13.1. The highest BCUT2D eigenvalue weighted by atomic mass is 32.1. The zero-order valence-corrected chi connectivity index (χ0v) is 10.5. The van der Waals surface area contributed by atoms with E-state index in [0.29, 0.717) is 11.4 Å². The van der Waals surface area contributed by atoms with Crippen LogP contribution in [0.15, 0.2) is 29.2 Å². The van der Waals surface area contributed by atoms with E-state index in [9.17, 15) is 9.59 Å². The van der Waals surface area contributed by atoms with Crippen molar-refractivity contribution in [2.45, 2.75) is 13.5 Å². The maximum absolute atomic E-state index is 11.6. The van der Waals surface area contributed by atoms with Gasteiger partial charge in [-0.05, 0) is 24.6 Å². The van der Waals surface area contributed by atoms with Crippen LogP contribution in [-0.2, 0) is 6.54 Å². The van der Waals surface area contributed by atoms with E-state index in [1.54, 1.807) is 18.3 Å². The lowest BCUT2D eigenvalue weighted by Gasteiger charge is -2.01. The molecule has 7 heteroatoms. The lowest BCUT2D eigenvalue weighted by atomic mass is 10.3. The molecule has 0 saturated carbocycles. The standard InChI is InChI=1S/C11H12N4O2S/c1-7-4-10(16)15(13-5-7)6-8-2-3-9(18-8)11(17)14-12/h2-5H,6,12H2,1H3,(H,14,17). The second-order valence-corrected chi connectivity index (χ2v) is 4.94. The first-order valence-corrected chi connectivity index (χ1v) is 6.05. The molecule has 2 rings (SSSR count). The van der Waals surface area contributed by atoms with Crippen molar-refractivity contribution in [2.24, 2.45) is 5.84 Å². The fraction of sp³-hybridized carbons (Fsp3) is 0.182. The SMILES string of the molecule is Cc1cnn(Cc2ccc(C(=O)NN)s2)c(=O)c1. The summed E-state index contributed by atoms with van der Waals surface area (Å²) in [6, 6.07) is 4.97. The monoisotopic (exact) mass is 264 g/mol. The molecule has 0 bridgehead atoms. The van der Waals surface area contributed by atoms with Crippen molar-refractivity contribution < 1.29 is 4.79 Å². The molecule has 0 atom stereocenters. The number of aromatic nitrogens is 2. The lowest BCUT2D eigenvalue weighted by Crippen LogP contribution is -2.29. The summed E-state index contributed by atoms with van der Waals surface area (Å²) in [4.78, 5) is 24.3. The molecule has 0 unspecified atom stereocenters. The lowest BCUT2D eigenvalue weighted by molar-refractivity contribution is 0.0957. The van der Waals surface area contributed by atoms with E-state index in [2.05, 4.69) is 10.5 Å². The number of thiophene rings is 1. The maximum atomic E-state index is 11.6. The Balaban J connectivity index is 2.21. The summed E-state index contributed by atoms with van der Waals surface area (Å²) < 4.78 is 1.35. The van der Waals surface area contributed by atoms with E-state index in [0.717, 1.165) is 10.4 Å². The number of nitrogens with zero attached hydrogens (tertiary/aromatic N) is 2. The zero-order valence-electron chi connectivity index (χ0n) is 9.71. The summed E-state index contributed by atoms with van der Waals surface area (Å²) in [5, 5.41) is 4.03. The van der Waals surface area contributed by atoms with Gasteiger partial charge in [-0.3, -0.25) is 15.0 Å².